The predicted molar refractivity (Wildman–Crippen MR) is 69.1 cm³/mol. The summed E-state index contributed by atoms with van der Waals surface area (Å²) < 4.78 is 11.5. The van der Waals surface area contributed by atoms with Gasteiger partial charge in [-0.2, -0.15) is 11.8 Å². The van der Waals surface area contributed by atoms with Gasteiger partial charge in [-0.3, -0.25) is 4.79 Å². The van der Waals surface area contributed by atoms with Gasteiger partial charge in [0.25, 0.3) is 0 Å². The van der Waals surface area contributed by atoms with Crippen molar-refractivity contribution in [2.45, 2.75) is 51.1 Å². The molecule has 3 nitrogen and oxygen atoms in total. The Morgan fingerprint density at radius 3 is 2.88 bits per heavy atom. The quantitative estimate of drug-likeness (QED) is 0.729. The van der Waals surface area contributed by atoms with Crippen molar-refractivity contribution in [2.24, 2.45) is 11.3 Å². The van der Waals surface area contributed by atoms with Gasteiger partial charge in [0.2, 0.25) is 0 Å². The minimum Gasteiger partial charge on any atom is -0.460 e. The van der Waals surface area contributed by atoms with Crippen LogP contribution in [0.25, 0.3) is 0 Å². The normalized spacial score (nSPS) is 36.6. The van der Waals surface area contributed by atoms with Crippen molar-refractivity contribution in [1.82, 2.24) is 0 Å². The molecule has 1 aliphatic carbocycles. The molecule has 0 N–H and O–H groups in total. The van der Waals surface area contributed by atoms with Crippen LogP contribution in [0.2, 0.25) is 0 Å². The van der Waals surface area contributed by atoms with E-state index in [0.29, 0.717) is 5.92 Å². The van der Waals surface area contributed by atoms with Crippen molar-refractivity contribution in [3.05, 3.63) is 0 Å². The summed E-state index contributed by atoms with van der Waals surface area (Å²) in [6, 6.07) is 0. The van der Waals surface area contributed by atoms with Gasteiger partial charge >= 0.3 is 5.97 Å². The SMILES string of the molecule is CSC(C)C(=O)OC1C2CCCOC2C1(C)C. The van der Waals surface area contributed by atoms with Crippen LogP contribution in [-0.2, 0) is 14.3 Å². The van der Waals surface area contributed by atoms with Gasteiger partial charge in [0.05, 0.1) is 11.4 Å². The van der Waals surface area contributed by atoms with Crippen molar-refractivity contribution in [1.29, 1.82) is 0 Å². The number of esters is 1. The van der Waals surface area contributed by atoms with E-state index >= 15 is 0 Å². The van der Waals surface area contributed by atoms with Crippen molar-refractivity contribution in [2.75, 3.05) is 12.9 Å². The van der Waals surface area contributed by atoms with E-state index in [4.69, 9.17) is 9.47 Å². The topological polar surface area (TPSA) is 35.5 Å². The monoisotopic (exact) mass is 258 g/mol. The van der Waals surface area contributed by atoms with E-state index in [1.165, 1.54) is 11.8 Å². The summed E-state index contributed by atoms with van der Waals surface area (Å²) in [4.78, 5) is 11.9. The highest BCUT2D eigenvalue weighted by Gasteiger charge is 2.60. The van der Waals surface area contributed by atoms with Crippen LogP contribution < -0.4 is 0 Å². The molecule has 4 unspecified atom stereocenters. The van der Waals surface area contributed by atoms with Crippen LogP contribution in [0.1, 0.15) is 33.6 Å². The van der Waals surface area contributed by atoms with Gasteiger partial charge in [-0.1, -0.05) is 13.8 Å². The molecule has 1 aliphatic heterocycles. The highest BCUT2D eigenvalue weighted by Crippen LogP contribution is 2.53. The van der Waals surface area contributed by atoms with Crippen molar-refractivity contribution >= 4 is 17.7 Å². The molecule has 1 heterocycles. The Kier molecular flexibility index (Phi) is 3.74. The zero-order valence-electron chi connectivity index (χ0n) is 11.1. The lowest BCUT2D eigenvalue weighted by molar-refractivity contribution is -0.254. The van der Waals surface area contributed by atoms with E-state index in [1.54, 1.807) is 0 Å². The summed E-state index contributed by atoms with van der Waals surface area (Å²) in [7, 11) is 0. The van der Waals surface area contributed by atoms with Crippen LogP contribution in [0.5, 0.6) is 0 Å². The number of carbonyl (C=O) groups is 1. The van der Waals surface area contributed by atoms with E-state index in [9.17, 15) is 4.79 Å². The summed E-state index contributed by atoms with van der Waals surface area (Å²) in [5.74, 6) is 0.330. The van der Waals surface area contributed by atoms with E-state index in [1.807, 2.05) is 13.2 Å². The molecule has 0 aromatic carbocycles. The average molecular weight is 258 g/mol. The van der Waals surface area contributed by atoms with Crippen LogP contribution in [0.15, 0.2) is 0 Å². The standard InChI is InChI=1S/C13H22O3S/c1-8(17-4)12(14)16-11-9-6-5-7-15-10(9)13(11,2)3/h8-11H,5-7H2,1-4H3. The maximum absolute atomic E-state index is 11.9. The number of ether oxygens (including phenoxy) is 2. The Labute approximate surface area is 108 Å². The summed E-state index contributed by atoms with van der Waals surface area (Å²) in [5.41, 5.74) is -0.0289. The van der Waals surface area contributed by atoms with Gasteiger partial charge in [0.15, 0.2) is 0 Å². The first kappa shape index (κ1) is 13.2. The van der Waals surface area contributed by atoms with Gasteiger partial charge in [0.1, 0.15) is 6.10 Å². The third-order valence-electron chi connectivity index (χ3n) is 4.15. The van der Waals surface area contributed by atoms with Crippen LogP contribution in [0.3, 0.4) is 0 Å². The zero-order valence-corrected chi connectivity index (χ0v) is 11.9. The van der Waals surface area contributed by atoms with Crippen molar-refractivity contribution < 1.29 is 14.3 Å². The molecule has 0 amide bonds. The summed E-state index contributed by atoms with van der Waals surface area (Å²) >= 11 is 1.53. The average Bonchev–Trinajstić information content (AvgIpc) is 2.34. The molecule has 2 aliphatic rings. The number of rotatable bonds is 3. The number of hydrogen-bond acceptors (Lipinski definition) is 4. The lowest BCUT2D eigenvalue weighted by atomic mass is 9.57. The Bertz CT molecular complexity index is 303. The molecule has 0 aromatic rings. The Balaban J connectivity index is 1.99. The maximum Gasteiger partial charge on any atom is 0.319 e. The molecule has 2 rings (SSSR count). The second-order valence-corrected chi connectivity index (χ2v) is 6.83. The highest BCUT2D eigenvalue weighted by molar-refractivity contribution is 7.99. The van der Waals surface area contributed by atoms with Gasteiger partial charge in [-0.05, 0) is 26.0 Å². The van der Waals surface area contributed by atoms with E-state index < -0.39 is 0 Å². The van der Waals surface area contributed by atoms with Crippen molar-refractivity contribution in [3.8, 4) is 0 Å². The molecule has 17 heavy (non-hydrogen) atoms. The highest BCUT2D eigenvalue weighted by atomic mass is 32.2. The molecule has 0 aromatic heterocycles. The lowest BCUT2D eigenvalue weighted by Crippen LogP contribution is -2.65. The summed E-state index contributed by atoms with van der Waals surface area (Å²) in [6.07, 6.45) is 4.46. The molecule has 1 saturated carbocycles. The van der Waals surface area contributed by atoms with Crippen LogP contribution in [0.4, 0.5) is 0 Å². The largest absolute Gasteiger partial charge is 0.460 e. The number of fused-ring (bicyclic) bond motifs is 1. The molecule has 0 spiro atoms. The maximum atomic E-state index is 11.9. The van der Waals surface area contributed by atoms with E-state index in [2.05, 4.69) is 13.8 Å². The predicted octanol–water partition coefficient (Wildman–Crippen LogP) is 2.48. The first-order valence-corrected chi connectivity index (χ1v) is 7.62. The summed E-state index contributed by atoms with van der Waals surface area (Å²) in [6.45, 7) is 7.03. The third kappa shape index (κ3) is 2.22. The fourth-order valence-corrected chi connectivity index (χ4v) is 3.28. The fraction of sp³-hybridized carbons (Fsp3) is 0.923. The first-order chi connectivity index (χ1) is 7.98. The minimum atomic E-state index is -0.0837. The minimum absolute atomic E-state index is 0.0289. The Morgan fingerprint density at radius 1 is 1.53 bits per heavy atom. The molecular weight excluding hydrogens is 236 g/mol. The Hall–Kier alpha value is -0.220. The van der Waals surface area contributed by atoms with Gasteiger partial charge < -0.3 is 9.47 Å². The first-order valence-electron chi connectivity index (χ1n) is 6.33. The Morgan fingerprint density at radius 2 is 2.24 bits per heavy atom. The second-order valence-electron chi connectivity index (χ2n) is 5.65. The van der Waals surface area contributed by atoms with E-state index in [-0.39, 0.29) is 28.8 Å². The third-order valence-corrected chi connectivity index (χ3v) is 5.05. The molecule has 4 heteroatoms. The smallest absolute Gasteiger partial charge is 0.319 e. The van der Waals surface area contributed by atoms with E-state index in [0.717, 1.165) is 19.4 Å². The van der Waals surface area contributed by atoms with Gasteiger partial charge in [-0.15, -0.1) is 0 Å². The van der Waals surface area contributed by atoms with Crippen LogP contribution in [0, 0.1) is 11.3 Å². The zero-order chi connectivity index (χ0) is 12.6. The molecule has 0 radical (unpaired) electrons. The molecule has 0 bridgehead atoms. The van der Waals surface area contributed by atoms with Gasteiger partial charge in [0, 0.05) is 17.9 Å². The van der Waals surface area contributed by atoms with Crippen LogP contribution >= 0.6 is 11.8 Å². The second kappa shape index (κ2) is 4.81. The van der Waals surface area contributed by atoms with Gasteiger partial charge in [-0.25, -0.2) is 0 Å². The molecule has 1 saturated heterocycles. The van der Waals surface area contributed by atoms with Crippen molar-refractivity contribution in [3.63, 3.8) is 0 Å². The van der Waals surface area contributed by atoms with Crippen LogP contribution in [-0.4, -0.2) is 36.3 Å². The fourth-order valence-electron chi connectivity index (χ4n) is 3.03. The molecular formula is C13H22O3S. The summed E-state index contributed by atoms with van der Waals surface area (Å²) in [5, 5.41) is -0.0747. The molecule has 2 fully saturated rings. The number of thioether (sulfide) groups is 1. The number of carbonyl (C=O) groups excluding carboxylic acids is 1. The molecule has 98 valence electrons. The molecule has 4 atom stereocenters. The number of hydrogen-bond donors (Lipinski definition) is 0. The lowest BCUT2D eigenvalue weighted by Gasteiger charge is -2.58.